The number of urea groups is 1. The number of anilines is 1. The predicted octanol–water partition coefficient (Wildman–Crippen LogP) is 5.51. The van der Waals surface area contributed by atoms with Gasteiger partial charge in [-0.2, -0.15) is 0 Å². The van der Waals surface area contributed by atoms with Crippen molar-refractivity contribution in [1.82, 2.24) is 14.7 Å². The molecule has 1 atom stereocenters. The van der Waals surface area contributed by atoms with Gasteiger partial charge in [-0.15, -0.1) is 0 Å². The summed E-state index contributed by atoms with van der Waals surface area (Å²) in [6.45, 7) is 11.1. The van der Waals surface area contributed by atoms with Gasteiger partial charge in [-0.25, -0.2) is 4.79 Å². The molecule has 2 aliphatic heterocycles. The van der Waals surface area contributed by atoms with Gasteiger partial charge in [-0.3, -0.25) is 4.79 Å². The third-order valence-corrected chi connectivity index (χ3v) is 8.14. The quantitative estimate of drug-likeness (QED) is 0.422. The van der Waals surface area contributed by atoms with E-state index in [9.17, 15) is 9.59 Å². The highest BCUT2D eigenvalue weighted by atomic mass is 79.9. The van der Waals surface area contributed by atoms with Crippen molar-refractivity contribution >= 4 is 33.6 Å². The summed E-state index contributed by atoms with van der Waals surface area (Å²) in [5.74, 6) is 0.503. The summed E-state index contributed by atoms with van der Waals surface area (Å²) in [6, 6.07) is 16.2. The van der Waals surface area contributed by atoms with Crippen molar-refractivity contribution in [1.29, 1.82) is 0 Å². The molecule has 2 aromatic rings. The van der Waals surface area contributed by atoms with Crippen molar-refractivity contribution in [3.05, 3.63) is 64.1 Å². The molecule has 0 aromatic heterocycles. The van der Waals surface area contributed by atoms with Crippen molar-refractivity contribution in [3.63, 3.8) is 0 Å². The van der Waals surface area contributed by atoms with Gasteiger partial charge in [0.25, 0.3) is 5.91 Å². The molecule has 7 nitrogen and oxygen atoms in total. The highest BCUT2D eigenvalue weighted by Crippen LogP contribution is 2.23. The van der Waals surface area contributed by atoms with E-state index in [0.29, 0.717) is 43.8 Å². The Morgan fingerprint density at radius 1 is 1.05 bits per heavy atom. The smallest absolute Gasteiger partial charge is 0.320 e. The molecule has 2 saturated heterocycles. The Balaban J connectivity index is 1.29. The number of likely N-dealkylation sites (tertiary alicyclic amines) is 1. The second kappa shape index (κ2) is 14.1. The molecular formula is C30H41BrN4O3. The molecule has 2 fully saturated rings. The Labute approximate surface area is 235 Å². The van der Waals surface area contributed by atoms with Crippen LogP contribution < -0.4 is 5.32 Å². The first-order chi connectivity index (χ1) is 18.4. The van der Waals surface area contributed by atoms with Crippen LogP contribution in [0.4, 0.5) is 10.5 Å². The number of benzene rings is 2. The van der Waals surface area contributed by atoms with Crippen LogP contribution in [0.15, 0.2) is 53.0 Å². The fourth-order valence-corrected chi connectivity index (χ4v) is 5.69. The number of ether oxygens (including phenoxy) is 1. The second-order valence-corrected chi connectivity index (χ2v) is 11.4. The van der Waals surface area contributed by atoms with Crippen LogP contribution in [0.2, 0.25) is 0 Å². The molecule has 2 heterocycles. The first-order valence-corrected chi connectivity index (χ1v) is 14.7. The predicted molar refractivity (Wildman–Crippen MR) is 156 cm³/mol. The minimum absolute atomic E-state index is 0.103. The standard InChI is InChI=1S/C30H41BrN4O3/c1-3-13-35(22-24-11-14-33(15-12-24)30(37)34-16-18-38-19-17-34)23(2)20-25-5-4-6-28(21-25)32-29(36)26-7-9-27(31)10-8-26/h4-10,21,23-24H,3,11-20,22H2,1-2H3,(H,32,36). The highest BCUT2D eigenvalue weighted by molar-refractivity contribution is 9.10. The van der Waals surface area contributed by atoms with Crippen LogP contribution >= 0.6 is 15.9 Å². The molecule has 0 saturated carbocycles. The topological polar surface area (TPSA) is 65.1 Å². The minimum Gasteiger partial charge on any atom is -0.378 e. The number of rotatable bonds is 9. The van der Waals surface area contributed by atoms with Gasteiger partial charge in [0.05, 0.1) is 13.2 Å². The number of hydrogen-bond donors (Lipinski definition) is 1. The fraction of sp³-hybridized carbons (Fsp3) is 0.533. The van der Waals surface area contributed by atoms with Gasteiger partial charge in [-0.05, 0) is 87.0 Å². The normalized spacial score (nSPS) is 17.5. The SMILES string of the molecule is CCCN(CC1CCN(C(=O)N2CCOCC2)CC1)C(C)Cc1cccc(NC(=O)c2ccc(Br)cc2)c1. The van der Waals surface area contributed by atoms with E-state index < -0.39 is 0 Å². The maximum absolute atomic E-state index is 12.8. The Kier molecular flexibility index (Phi) is 10.6. The maximum atomic E-state index is 12.8. The Morgan fingerprint density at radius 2 is 1.74 bits per heavy atom. The maximum Gasteiger partial charge on any atom is 0.320 e. The first-order valence-electron chi connectivity index (χ1n) is 13.9. The van der Waals surface area contributed by atoms with Crippen LogP contribution in [0.5, 0.6) is 0 Å². The number of piperidine rings is 1. The lowest BCUT2D eigenvalue weighted by molar-refractivity contribution is 0.0386. The number of carbonyl (C=O) groups is 2. The molecule has 2 aliphatic rings. The summed E-state index contributed by atoms with van der Waals surface area (Å²) in [5, 5.41) is 3.04. The average Bonchev–Trinajstić information content (AvgIpc) is 2.94. The van der Waals surface area contributed by atoms with Crippen LogP contribution in [0, 0.1) is 5.92 Å². The van der Waals surface area contributed by atoms with E-state index in [1.165, 1.54) is 5.56 Å². The number of hydrogen-bond acceptors (Lipinski definition) is 4. The number of carbonyl (C=O) groups excluding carboxylic acids is 2. The lowest BCUT2D eigenvalue weighted by Crippen LogP contribution is -2.51. The summed E-state index contributed by atoms with van der Waals surface area (Å²) in [7, 11) is 0. The molecule has 2 aromatic carbocycles. The first kappa shape index (κ1) is 28.6. The molecule has 38 heavy (non-hydrogen) atoms. The van der Waals surface area contributed by atoms with E-state index in [0.717, 1.165) is 62.0 Å². The molecule has 3 amide bonds. The lowest BCUT2D eigenvalue weighted by atomic mass is 9.95. The number of amides is 3. The summed E-state index contributed by atoms with van der Waals surface area (Å²) >= 11 is 3.41. The van der Waals surface area contributed by atoms with Crippen molar-refractivity contribution in [2.24, 2.45) is 5.92 Å². The molecule has 0 radical (unpaired) electrons. The monoisotopic (exact) mass is 584 g/mol. The molecule has 0 bridgehead atoms. The van der Waals surface area contributed by atoms with Crippen molar-refractivity contribution in [2.45, 2.75) is 45.6 Å². The Hall–Kier alpha value is -2.42. The van der Waals surface area contributed by atoms with Gasteiger partial charge in [0, 0.05) is 54.5 Å². The van der Waals surface area contributed by atoms with E-state index in [4.69, 9.17) is 4.74 Å². The van der Waals surface area contributed by atoms with Crippen molar-refractivity contribution < 1.29 is 14.3 Å². The van der Waals surface area contributed by atoms with E-state index >= 15 is 0 Å². The third-order valence-electron chi connectivity index (χ3n) is 7.62. The number of nitrogens with one attached hydrogen (secondary N) is 1. The van der Waals surface area contributed by atoms with Gasteiger partial charge in [0.15, 0.2) is 0 Å². The van der Waals surface area contributed by atoms with Gasteiger partial charge >= 0.3 is 6.03 Å². The second-order valence-electron chi connectivity index (χ2n) is 10.5. The summed E-state index contributed by atoms with van der Waals surface area (Å²) in [5.41, 5.74) is 2.68. The van der Waals surface area contributed by atoms with Crippen LogP contribution in [-0.4, -0.2) is 85.2 Å². The van der Waals surface area contributed by atoms with E-state index in [-0.39, 0.29) is 11.9 Å². The number of halogens is 1. The minimum atomic E-state index is -0.103. The summed E-state index contributed by atoms with van der Waals surface area (Å²) in [4.78, 5) is 32.1. The van der Waals surface area contributed by atoms with Crippen molar-refractivity contribution in [3.8, 4) is 0 Å². The highest BCUT2D eigenvalue weighted by Gasteiger charge is 2.28. The van der Waals surface area contributed by atoms with Crippen LogP contribution in [0.1, 0.15) is 49.0 Å². The van der Waals surface area contributed by atoms with Gasteiger partial charge in [0.1, 0.15) is 0 Å². The van der Waals surface area contributed by atoms with E-state index in [1.54, 1.807) is 0 Å². The van der Waals surface area contributed by atoms with Crippen LogP contribution in [-0.2, 0) is 11.2 Å². The van der Waals surface area contributed by atoms with Gasteiger partial charge < -0.3 is 24.8 Å². The van der Waals surface area contributed by atoms with E-state index in [2.05, 4.69) is 52.1 Å². The average molecular weight is 586 g/mol. The molecular weight excluding hydrogens is 544 g/mol. The van der Waals surface area contributed by atoms with Gasteiger partial charge in [-0.1, -0.05) is 35.0 Å². The summed E-state index contributed by atoms with van der Waals surface area (Å²) in [6.07, 6.45) is 4.15. The zero-order valence-corrected chi connectivity index (χ0v) is 24.3. The van der Waals surface area contributed by atoms with Crippen molar-refractivity contribution in [2.75, 3.05) is 57.8 Å². The zero-order chi connectivity index (χ0) is 26.9. The molecule has 0 aliphatic carbocycles. The lowest BCUT2D eigenvalue weighted by Gasteiger charge is -2.39. The number of nitrogens with zero attached hydrogens (tertiary/aromatic N) is 3. The summed E-state index contributed by atoms with van der Waals surface area (Å²) < 4.78 is 6.35. The van der Waals surface area contributed by atoms with Crippen LogP contribution in [0.3, 0.4) is 0 Å². The molecule has 1 N–H and O–H groups in total. The largest absolute Gasteiger partial charge is 0.378 e. The molecule has 1 unspecified atom stereocenters. The Bertz CT molecular complexity index is 1050. The molecule has 206 valence electrons. The number of morpholine rings is 1. The Morgan fingerprint density at radius 3 is 2.42 bits per heavy atom. The molecule has 4 rings (SSSR count). The zero-order valence-electron chi connectivity index (χ0n) is 22.7. The van der Waals surface area contributed by atoms with Gasteiger partial charge in [0.2, 0.25) is 0 Å². The molecule has 0 spiro atoms. The fourth-order valence-electron chi connectivity index (χ4n) is 5.42. The third kappa shape index (κ3) is 8.04. The molecule has 8 heteroatoms. The van der Waals surface area contributed by atoms with Crippen LogP contribution in [0.25, 0.3) is 0 Å². The van der Waals surface area contributed by atoms with E-state index in [1.807, 2.05) is 46.2 Å².